The number of carbonyl (C=O) groups is 2. The average molecular weight is 1290 g/mol. The van der Waals surface area contributed by atoms with Gasteiger partial charge in [-0.25, -0.2) is 44.3 Å². The Labute approximate surface area is 518 Å². The monoisotopic (exact) mass is 1290 g/mol. The van der Waals surface area contributed by atoms with Crippen LogP contribution in [0.2, 0.25) is 18.1 Å². The van der Waals surface area contributed by atoms with Crippen LogP contribution in [0.25, 0.3) is 11.4 Å². The molecule has 6 aromatic rings. The predicted octanol–water partition coefficient (Wildman–Crippen LogP) is 7.81. The molecule has 7 rings (SSSR count). The molecule has 2 amide bonds. The summed E-state index contributed by atoms with van der Waals surface area (Å²) in [6, 6.07) is 31.1. The standard InChI is InChI=1S/C60H82N10O14S3Si/c1-59(2,3)84-58(72)61-33-34-63-85(73,74)51-31-35-68(36-32-51)52-29-30-53(86(75,76)66-47(42-83-88(10,11)60(4,5)6)37-62-57(71)82-41-46-15-13-12-14-16-46)55(54(52)56-64-67-70(65-56)40-45-21-27-50(81-9)28-22-45)87(77,78)69(38-43-17-23-48(79-7)24-18-43)39-44-19-25-49(80-8)26-20-44/h12-30,47,51,63,66H,31-42H2,1-11H3,(H,61,72)(H,62,71)/t47-/m0/s1. The van der Waals surface area contributed by atoms with Crippen LogP contribution in [0, 0.1) is 0 Å². The normalized spacial score (nSPS) is 14.1. The summed E-state index contributed by atoms with van der Waals surface area (Å²) in [6.07, 6.45) is -1.44. The molecule has 1 saturated heterocycles. The number of hydrogen-bond donors (Lipinski definition) is 4. The predicted molar refractivity (Wildman–Crippen MR) is 336 cm³/mol. The number of piperidine rings is 1. The summed E-state index contributed by atoms with van der Waals surface area (Å²) < 4.78 is 133. The van der Waals surface area contributed by atoms with Gasteiger partial charge in [-0.05, 0) is 128 Å². The van der Waals surface area contributed by atoms with Crippen molar-refractivity contribution < 1.29 is 63.0 Å². The van der Waals surface area contributed by atoms with Crippen LogP contribution in [0.1, 0.15) is 76.6 Å². The summed E-state index contributed by atoms with van der Waals surface area (Å²) in [5.74, 6) is 1.37. The van der Waals surface area contributed by atoms with E-state index in [0.717, 1.165) is 15.4 Å². The van der Waals surface area contributed by atoms with Crippen molar-refractivity contribution in [1.82, 2.24) is 44.6 Å². The molecule has 0 aliphatic carbocycles. The summed E-state index contributed by atoms with van der Waals surface area (Å²) >= 11 is 0. The fourth-order valence-electron chi connectivity index (χ4n) is 9.15. The molecule has 5 aromatic carbocycles. The minimum Gasteiger partial charge on any atom is -0.497 e. The van der Waals surface area contributed by atoms with Crippen LogP contribution in [-0.2, 0) is 70.2 Å². The van der Waals surface area contributed by atoms with Crippen LogP contribution in [-0.4, -0.2) is 148 Å². The Kier molecular flexibility index (Phi) is 22.8. The van der Waals surface area contributed by atoms with Crippen LogP contribution in [0.3, 0.4) is 0 Å². The smallest absolute Gasteiger partial charge is 0.407 e. The maximum atomic E-state index is 16.6. The zero-order valence-corrected chi connectivity index (χ0v) is 55.2. The molecule has 1 atom stereocenters. The van der Waals surface area contributed by atoms with Gasteiger partial charge >= 0.3 is 12.2 Å². The van der Waals surface area contributed by atoms with E-state index < -0.39 is 77.3 Å². The fourth-order valence-corrected chi connectivity index (χ4v) is 15.3. The molecule has 4 N–H and O–H groups in total. The fraction of sp³-hybridized carbons (Fsp3) is 0.450. The van der Waals surface area contributed by atoms with E-state index >= 15 is 16.8 Å². The van der Waals surface area contributed by atoms with Crippen molar-refractivity contribution in [3.8, 4) is 28.6 Å². The highest BCUT2D eigenvalue weighted by Crippen LogP contribution is 2.43. The molecule has 1 aliphatic heterocycles. The molecular weight excluding hydrogens is 1210 g/mol. The van der Waals surface area contributed by atoms with Gasteiger partial charge in [-0.3, -0.25) is 0 Å². The molecule has 0 spiro atoms. The highest BCUT2D eigenvalue weighted by atomic mass is 32.2. The number of tetrazole rings is 1. The van der Waals surface area contributed by atoms with E-state index in [9.17, 15) is 18.0 Å². The Bertz CT molecular complexity index is 3590. The summed E-state index contributed by atoms with van der Waals surface area (Å²) in [7, 11) is -12.2. The second kappa shape index (κ2) is 29.4. The summed E-state index contributed by atoms with van der Waals surface area (Å²) in [5.41, 5.74) is 1.67. The minimum absolute atomic E-state index is 0.0405. The summed E-state index contributed by atoms with van der Waals surface area (Å²) in [5, 5.41) is 17.6. The molecule has 1 aromatic heterocycles. The highest BCUT2D eigenvalue weighted by Gasteiger charge is 2.42. The zero-order chi connectivity index (χ0) is 64.1. The van der Waals surface area contributed by atoms with Crippen molar-refractivity contribution in [3.63, 3.8) is 0 Å². The molecule has 0 radical (unpaired) electrons. The van der Waals surface area contributed by atoms with E-state index in [1.807, 2.05) is 39.9 Å². The van der Waals surface area contributed by atoms with Crippen molar-refractivity contribution in [3.05, 3.63) is 138 Å². The van der Waals surface area contributed by atoms with Gasteiger partial charge in [0.25, 0.3) is 0 Å². The van der Waals surface area contributed by atoms with E-state index in [-0.39, 0.29) is 101 Å². The number of carbonyl (C=O) groups excluding carboxylic acids is 2. The van der Waals surface area contributed by atoms with Gasteiger partial charge in [0.05, 0.1) is 51.3 Å². The van der Waals surface area contributed by atoms with Crippen molar-refractivity contribution >= 4 is 56.3 Å². The number of anilines is 1. The third-order valence-electron chi connectivity index (χ3n) is 15.0. The topological polar surface area (TPSA) is 290 Å². The zero-order valence-electron chi connectivity index (χ0n) is 51.7. The van der Waals surface area contributed by atoms with Gasteiger partial charge in [0.2, 0.25) is 35.9 Å². The van der Waals surface area contributed by atoms with Gasteiger partial charge in [-0.15, -0.1) is 10.2 Å². The Morgan fingerprint density at radius 3 is 1.78 bits per heavy atom. The van der Waals surface area contributed by atoms with Gasteiger partial charge in [0, 0.05) is 51.5 Å². The molecule has 1 aliphatic rings. The molecular formula is C60H82N10O14S3Si. The number of aromatic nitrogens is 4. The lowest BCUT2D eigenvalue weighted by Gasteiger charge is -2.37. The molecule has 0 bridgehead atoms. The van der Waals surface area contributed by atoms with E-state index in [2.05, 4.69) is 30.4 Å². The van der Waals surface area contributed by atoms with Gasteiger partial charge in [-0.2, -0.15) is 9.10 Å². The third kappa shape index (κ3) is 18.7. The number of benzene rings is 5. The molecule has 28 heteroatoms. The number of nitrogens with one attached hydrogen (secondary N) is 4. The first-order valence-corrected chi connectivity index (χ1v) is 36.0. The van der Waals surface area contributed by atoms with E-state index in [0.29, 0.717) is 28.4 Å². The first-order chi connectivity index (χ1) is 41.5. The number of nitrogens with zero attached hydrogens (tertiary/aromatic N) is 6. The van der Waals surface area contributed by atoms with Gasteiger partial charge < -0.3 is 43.6 Å². The Morgan fingerprint density at radius 2 is 1.25 bits per heavy atom. The lowest BCUT2D eigenvalue weighted by molar-refractivity contribution is 0.0528. The lowest BCUT2D eigenvalue weighted by atomic mass is 10.1. The third-order valence-corrected chi connectivity index (χ3v) is 25.0. The first-order valence-electron chi connectivity index (χ1n) is 28.7. The molecule has 0 saturated carbocycles. The number of hydrogen-bond acceptors (Lipinski definition) is 18. The molecule has 0 unspecified atom stereocenters. The molecule has 24 nitrogen and oxygen atoms in total. The quantitative estimate of drug-likeness (QED) is 0.0269. The van der Waals surface area contributed by atoms with Gasteiger partial charge in [0.1, 0.15) is 39.2 Å². The lowest BCUT2D eigenvalue weighted by Crippen LogP contribution is -2.50. The molecule has 478 valence electrons. The number of alkyl carbamates (subject to hydrolysis) is 2. The van der Waals surface area contributed by atoms with Crippen molar-refractivity contribution in [1.29, 1.82) is 0 Å². The summed E-state index contributed by atoms with van der Waals surface area (Å²) in [6.45, 7) is 13.9. The Balaban J connectivity index is 1.38. The molecule has 2 heterocycles. The number of methoxy groups -OCH3 is 3. The number of sulfonamides is 3. The van der Waals surface area contributed by atoms with Crippen LogP contribution in [0.15, 0.2) is 125 Å². The second-order valence-corrected chi connectivity index (χ2v) is 34.0. The van der Waals surface area contributed by atoms with E-state index in [1.54, 1.807) is 130 Å². The maximum Gasteiger partial charge on any atom is 0.407 e. The minimum atomic E-state index is -5.12. The van der Waals surface area contributed by atoms with Gasteiger partial charge in [0.15, 0.2) is 8.32 Å². The van der Waals surface area contributed by atoms with Crippen LogP contribution in [0.5, 0.6) is 17.2 Å². The largest absolute Gasteiger partial charge is 0.497 e. The molecule has 1 fully saturated rings. The average Bonchev–Trinajstić information content (AvgIpc) is 1.04. The van der Waals surface area contributed by atoms with E-state index in [1.165, 1.54) is 31.1 Å². The van der Waals surface area contributed by atoms with Crippen molar-refractivity contribution in [2.24, 2.45) is 0 Å². The Morgan fingerprint density at radius 1 is 0.693 bits per heavy atom. The van der Waals surface area contributed by atoms with Crippen molar-refractivity contribution in [2.45, 2.75) is 125 Å². The molecule has 88 heavy (non-hydrogen) atoms. The number of amides is 2. The van der Waals surface area contributed by atoms with Crippen LogP contribution in [0.4, 0.5) is 15.3 Å². The van der Waals surface area contributed by atoms with E-state index in [4.69, 9.17) is 33.2 Å². The van der Waals surface area contributed by atoms with Crippen molar-refractivity contribution in [2.75, 3.05) is 65.6 Å². The summed E-state index contributed by atoms with van der Waals surface area (Å²) in [4.78, 5) is 27.3. The second-order valence-electron chi connectivity index (χ2n) is 23.6. The first kappa shape index (κ1) is 68.3. The van der Waals surface area contributed by atoms with Crippen LogP contribution < -0.4 is 39.2 Å². The number of ether oxygens (including phenoxy) is 5. The maximum absolute atomic E-state index is 16.6. The SMILES string of the molecule is COc1ccc(CN(Cc2ccc(OC)cc2)S(=O)(=O)c2c(S(=O)(=O)N[C@@H](CNC(=O)OCc3ccccc3)CO[Si](C)(C)C(C)(C)C)ccc(N3CCC(S(=O)(=O)NCCNC(=O)OC(C)(C)C)CC3)c2-c2nnn(Cc3ccc(OC)cc3)n2)cc1. The Hall–Kier alpha value is -7.18. The number of rotatable bonds is 28. The van der Waals surface area contributed by atoms with Crippen LogP contribution >= 0.6 is 0 Å². The van der Waals surface area contributed by atoms with Gasteiger partial charge in [-0.1, -0.05) is 87.5 Å². The highest BCUT2D eigenvalue weighted by molar-refractivity contribution is 7.92.